The van der Waals surface area contributed by atoms with Crippen molar-refractivity contribution < 1.29 is 4.79 Å². The average Bonchev–Trinajstić information content (AvgIpc) is 3.52. The molecule has 168 valence electrons. The van der Waals surface area contributed by atoms with Gasteiger partial charge < -0.3 is 5.32 Å². The summed E-state index contributed by atoms with van der Waals surface area (Å²) in [5.41, 5.74) is 4.96. The van der Waals surface area contributed by atoms with Crippen LogP contribution >= 0.6 is 23.1 Å². The first kappa shape index (κ1) is 22.1. The lowest BCUT2D eigenvalue weighted by molar-refractivity contribution is -0.113. The summed E-state index contributed by atoms with van der Waals surface area (Å²) in [4.78, 5) is 17.2. The molecule has 0 radical (unpaired) electrons. The van der Waals surface area contributed by atoms with E-state index in [0.717, 1.165) is 28.3 Å². The Morgan fingerprint density at radius 1 is 0.912 bits per heavy atom. The van der Waals surface area contributed by atoms with Crippen molar-refractivity contribution in [3.05, 3.63) is 95.9 Å². The second-order valence-corrected chi connectivity index (χ2v) is 9.38. The van der Waals surface area contributed by atoms with Crippen molar-refractivity contribution in [2.24, 2.45) is 0 Å². The molecule has 1 N–H and O–H groups in total. The number of aryl methyl sites for hydroxylation is 1. The lowest BCUT2D eigenvalue weighted by Crippen LogP contribution is -2.14. The number of aromatic nitrogens is 4. The normalized spacial score (nSPS) is 10.9. The van der Waals surface area contributed by atoms with E-state index in [1.807, 2.05) is 82.7 Å². The highest BCUT2D eigenvalue weighted by Crippen LogP contribution is 2.29. The first-order valence-electron chi connectivity index (χ1n) is 10.7. The van der Waals surface area contributed by atoms with E-state index in [9.17, 15) is 4.79 Å². The van der Waals surface area contributed by atoms with Crippen molar-refractivity contribution in [1.29, 1.82) is 0 Å². The van der Waals surface area contributed by atoms with Gasteiger partial charge in [-0.2, -0.15) is 0 Å². The van der Waals surface area contributed by atoms with Gasteiger partial charge in [-0.25, -0.2) is 4.98 Å². The number of amides is 1. The molecule has 3 aromatic carbocycles. The number of para-hydroxylation sites is 1. The molecule has 5 rings (SSSR count). The number of thiazole rings is 1. The molecular formula is C26H21N5OS2. The molecule has 8 heteroatoms. The summed E-state index contributed by atoms with van der Waals surface area (Å²) in [6.45, 7) is 2.05. The molecule has 0 saturated carbocycles. The number of thioether (sulfide) groups is 1. The minimum Gasteiger partial charge on any atom is -0.301 e. The van der Waals surface area contributed by atoms with Crippen LogP contribution in [0.1, 0.15) is 5.56 Å². The summed E-state index contributed by atoms with van der Waals surface area (Å²) in [6, 6.07) is 28.0. The number of rotatable bonds is 7. The van der Waals surface area contributed by atoms with E-state index < -0.39 is 0 Å². The lowest BCUT2D eigenvalue weighted by atomic mass is 10.1. The smallest absolute Gasteiger partial charge is 0.236 e. The topological polar surface area (TPSA) is 72.7 Å². The largest absolute Gasteiger partial charge is 0.301 e. The Kier molecular flexibility index (Phi) is 6.51. The predicted octanol–water partition coefficient (Wildman–Crippen LogP) is 6.10. The number of nitrogens with zero attached hydrogens (tertiary/aromatic N) is 4. The molecule has 0 aliphatic rings. The second-order valence-electron chi connectivity index (χ2n) is 7.58. The van der Waals surface area contributed by atoms with Crippen LogP contribution in [0.25, 0.3) is 28.3 Å². The molecule has 6 nitrogen and oxygen atoms in total. The standard InChI is InChI=1S/C26H21N5OS2/c1-18-12-14-20(15-13-18)24-29-30-26(31(24)21-10-6-3-7-11-21)34-17-23(32)28-25-27-22(16-33-25)19-8-4-2-5-9-19/h2-16H,17H2,1H3,(H,27,28,32). The highest BCUT2D eigenvalue weighted by molar-refractivity contribution is 7.99. The van der Waals surface area contributed by atoms with Crippen LogP contribution < -0.4 is 5.32 Å². The number of hydrogen-bond donors (Lipinski definition) is 1. The van der Waals surface area contributed by atoms with Crippen molar-refractivity contribution in [1.82, 2.24) is 19.7 Å². The zero-order valence-electron chi connectivity index (χ0n) is 18.4. The molecule has 2 heterocycles. The molecule has 5 aromatic rings. The van der Waals surface area contributed by atoms with E-state index in [-0.39, 0.29) is 11.7 Å². The fraction of sp³-hybridized carbons (Fsp3) is 0.0769. The van der Waals surface area contributed by atoms with Gasteiger partial charge >= 0.3 is 0 Å². The molecule has 0 spiro atoms. The number of nitrogens with one attached hydrogen (secondary N) is 1. The van der Waals surface area contributed by atoms with Crippen molar-refractivity contribution >= 4 is 34.1 Å². The Hall–Kier alpha value is -3.75. The molecule has 34 heavy (non-hydrogen) atoms. The summed E-state index contributed by atoms with van der Waals surface area (Å²) in [5, 5.41) is 14.9. The van der Waals surface area contributed by atoms with Crippen LogP contribution in [-0.2, 0) is 4.79 Å². The van der Waals surface area contributed by atoms with Gasteiger partial charge in [-0.1, -0.05) is 90.1 Å². The average molecular weight is 484 g/mol. The third-order valence-corrected chi connectivity index (χ3v) is 6.80. The minimum atomic E-state index is -0.140. The number of anilines is 1. The van der Waals surface area contributed by atoms with Gasteiger partial charge in [0.1, 0.15) is 0 Å². The summed E-state index contributed by atoms with van der Waals surface area (Å²) >= 11 is 2.76. The zero-order chi connectivity index (χ0) is 23.3. The first-order chi connectivity index (χ1) is 16.7. The van der Waals surface area contributed by atoms with E-state index in [1.54, 1.807) is 0 Å². The summed E-state index contributed by atoms with van der Waals surface area (Å²) in [5.74, 6) is 0.791. The van der Waals surface area contributed by atoms with Crippen molar-refractivity contribution in [3.63, 3.8) is 0 Å². The summed E-state index contributed by atoms with van der Waals surface area (Å²) < 4.78 is 1.99. The Morgan fingerprint density at radius 3 is 2.35 bits per heavy atom. The number of carbonyl (C=O) groups is 1. The Balaban J connectivity index is 1.33. The third-order valence-electron chi connectivity index (χ3n) is 5.11. The van der Waals surface area contributed by atoms with Gasteiger partial charge in [-0.15, -0.1) is 21.5 Å². The number of benzene rings is 3. The second kappa shape index (κ2) is 10.0. The first-order valence-corrected chi connectivity index (χ1v) is 12.6. The molecule has 0 aliphatic heterocycles. The van der Waals surface area contributed by atoms with Gasteiger partial charge in [-0.05, 0) is 19.1 Å². The zero-order valence-corrected chi connectivity index (χ0v) is 20.0. The van der Waals surface area contributed by atoms with Gasteiger partial charge in [0.05, 0.1) is 11.4 Å². The van der Waals surface area contributed by atoms with E-state index in [4.69, 9.17) is 0 Å². The van der Waals surface area contributed by atoms with Crippen molar-refractivity contribution in [2.75, 3.05) is 11.1 Å². The van der Waals surface area contributed by atoms with Gasteiger partial charge in [0.25, 0.3) is 0 Å². The van der Waals surface area contributed by atoms with E-state index in [2.05, 4.69) is 39.6 Å². The Bertz CT molecular complexity index is 1400. The molecule has 0 fully saturated rings. The molecule has 0 unspecified atom stereocenters. The van der Waals surface area contributed by atoms with Crippen LogP contribution in [0.4, 0.5) is 5.13 Å². The maximum atomic E-state index is 12.7. The highest BCUT2D eigenvalue weighted by Gasteiger charge is 2.17. The van der Waals surface area contributed by atoms with Crippen LogP contribution in [0.2, 0.25) is 0 Å². The molecule has 0 saturated heterocycles. The van der Waals surface area contributed by atoms with E-state index in [0.29, 0.717) is 10.3 Å². The highest BCUT2D eigenvalue weighted by atomic mass is 32.2. The maximum Gasteiger partial charge on any atom is 0.236 e. The van der Waals surface area contributed by atoms with Crippen LogP contribution in [0.3, 0.4) is 0 Å². The SMILES string of the molecule is Cc1ccc(-c2nnc(SCC(=O)Nc3nc(-c4ccccc4)cs3)n2-c2ccccc2)cc1. The molecule has 2 aromatic heterocycles. The van der Waals surface area contributed by atoms with Gasteiger partial charge in [0.2, 0.25) is 5.91 Å². The molecule has 0 aliphatic carbocycles. The monoisotopic (exact) mass is 483 g/mol. The predicted molar refractivity (Wildman–Crippen MR) is 138 cm³/mol. The maximum absolute atomic E-state index is 12.7. The van der Waals surface area contributed by atoms with Crippen LogP contribution in [0.15, 0.2) is 95.5 Å². The van der Waals surface area contributed by atoms with Crippen molar-refractivity contribution in [3.8, 4) is 28.3 Å². The Morgan fingerprint density at radius 2 is 1.62 bits per heavy atom. The van der Waals surface area contributed by atoms with Gasteiger partial charge in [-0.3, -0.25) is 9.36 Å². The molecule has 1 amide bonds. The van der Waals surface area contributed by atoms with Crippen molar-refractivity contribution in [2.45, 2.75) is 12.1 Å². The Labute approximate surface area is 205 Å². The van der Waals surface area contributed by atoms with Crippen LogP contribution in [-0.4, -0.2) is 31.4 Å². The minimum absolute atomic E-state index is 0.140. The molecule has 0 bridgehead atoms. The lowest BCUT2D eigenvalue weighted by Gasteiger charge is -2.10. The van der Waals surface area contributed by atoms with Gasteiger partial charge in [0, 0.05) is 22.2 Å². The third kappa shape index (κ3) is 4.93. The van der Waals surface area contributed by atoms with Gasteiger partial charge in [0.15, 0.2) is 16.1 Å². The summed E-state index contributed by atoms with van der Waals surface area (Å²) in [6.07, 6.45) is 0. The number of carbonyl (C=O) groups excluding carboxylic acids is 1. The summed E-state index contributed by atoms with van der Waals surface area (Å²) in [7, 11) is 0. The van der Waals surface area contributed by atoms with Crippen LogP contribution in [0, 0.1) is 6.92 Å². The van der Waals surface area contributed by atoms with E-state index >= 15 is 0 Å². The fourth-order valence-corrected chi connectivity index (χ4v) is 4.91. The number of hydrogen-bond acceptors (Lipinski definition) is 6. The molecule has 0 atom stereocenters. The fourth-order valence-electron chi connectivity index (χ4n) is 3.42. The van der Waals surface area contributed by atoms with Crippen LogP contribution in [0.5, 0.6) is 0 Å². The quantitative estimate of drug-likeness (QED) is 0.283. The molecular weight excluding hydrogens is 462 g/mol. The van der Waals surface area contributed by atoms with E-state index in [1.165, 1.54) is 28.7 Å².